The van der Waals surface area contributed by atoms with E-state index in [2.05, 4.69) is 18.6 Å². The molecule has 0 spiro atoms. The maximum absolute atomic E-state index is 12.4. The Morgan fingerprint density at radius 3 is 2.50 bits per heavy atom. The molecule has 2 rings (SSSR count). The lowest BCUT2D eigenvalue weighted by molar-refractivity contribution is 0.318. The van der Waals surface area contributed by atoms with Crippen molar-refractivity contribution in [3.63, 3.8) is 0 Å². The van der Waals surface area contributed by atoms with Gasteiger partial charge in [0.2, 0.25) is 10.0 Å². The number of hydrogen-bond acceptors (Lipinski definition) is 3. The molecule has 0 aliphatic heterocycles. The summed E-state index contributed by atoms with van der Waals surface area (Å²) in [5, 5.41) is 0. The summed E-state index contributed by atoms with van der Waals surface area (Å²) in [5.74, 6) is 1.16. The van der Waals surface area contributed by atoms with Crippen LogP contribution < -0.4 is 9.46 Å². The molecule has 5 heteroatoms. The zero-order chi connectivity index (χ0) is 17.7. The summed E-state index contributed by atoms with van der Waals surface area (Å²) in [4.78, 5) is 0.324. The minimum absolute atomic E-state index is 0.224. The van der Waals surface area contributed by atoms with Crippen LogP contribution in [0.3, 0.4) is 0 Å². The molecular formula is C19H25NO3S. The third kappa shape index (κ3) is 4.58. The Morgan fingerprint density at radius 1 is 1.08 bits per heavy atom. The molecule has 0 amide bonds. The van der Waals surface area contributed by atoms with E-state index in [4.69, 9.17) is 4.74 Å². The summed E-state index contributed by atoms with van der Waals surface area (Å²) in [7, 11) is -3.52. The smallest absolute Gasteiger partial charge is 0.240 e. The molecule has 2 aromatic carbocycles. The van der Waals surface area contributed by atoms with Gasteiger partial charge >= 0.3 is 0 Å². The molecule has 0 unspecified atom stereocenters. The fourth-order valence-electron chi connectivity index (χ4n) is 2.50. The third-order valence-electron chi connectivity index (χ3n) is 3.83. The van der Waals surface area contributed by atoms with Gasteiger partial charge in [-0.1, -0.05) is 44.2 Å². The number of rotatable bonds is 7. The molecule has 0 saturated heterocycles. The zero-order valence-electron chi connectivity index (χ0n) is 14.7. The average molecular weight is 347 g/mol. The molecular weight excluding hydrogens is 322 g/mol. The monoisotopic (exact) mass is 347 g/mol. The highest BCUT2D eigenvalue weighted by Crippen LogP contribution is 2.25. The van der Waals surface area contributed by atoms with Gasteiger partial charge in [0.05, 0.1) is 4.90 Å². The fraction of sp³-hybridized carbons (Fsp3) is 0.368. The zero-order valence-corrected chi connectivity index (χ0v) is 15.5. The van der Waals surface area contributed by atoms with Gasteiger partial charge < -0.3 is 4.74 Å². The van der Waals surface area contributed by atoms with Crippen molar-refractivity contribution >= 4 is 10.0 Å². The van der Waals surface area contributed by atoms with Crippen LogP contribution in [0, 0.1) is 13.8 Å². The van der Waals surface area contributed by atoms with Crippen LogP contribution in [0.2, 0.25) is 0 Å². The van der Waals surface area contributed by atoms with E-state index < -0.39 is 10.0 Å². The van der Waals surface area contributed by atoms with Crippen LogP contribution >= 0.6 is 0 Å². The molecule has 0 fully saturated rings. The number of benzene rings is 2. The van der Waals surface area contributed by atoms with E-state index >= 15 is 0 Å². The SMILES string of the molecule is Cc1ccc(C)c(S(=O)(=O)NCCOc2ccccc2C(C)C)c1. The molecule has 0 aromatic heterocycles. The number of para-hydroxylation sites is 1. The average Bonchev–Trinajstić information content (AvgIpc) is 2.54. The highest BCUT2D eigenvalue weighted by molar-refractivity contribution is 7.89. The number of nitrogens with one attached hydrogen (secondary N) is 1. The predicted molar refractivity (Wildman–Crippen MR) is 97.1 cm³/mol. The Labute approximate surface area is 144 Å². The number of sulfonamides is 1. The molecule has 0 radical (unpaired) electrons. The van der Waals surface area contributed by atoms with Crippen LogP contribution in [0.1, 0.15) is 36.5 Å². The maximum Gasteiger partial charge on any atom is 0.240 e. The van der Waals surface area contributed by atoms with E-state index in [-0.39, 0.29) is 13.2 Å². The molecule has 0 saturated carbocycles. The topological polar surface area (TPSA) is 55.4 Å². The second-order valence-corrected chi connectivity index (χ2v) is 7.94. The minimum atomic E-state index is -3.52. The summed E-state index contributed by atoms with van der Waals surface area (Å²) in [6.45, 7) is 8.39. The Balaban J connectivity index is 1.98. The first-order valence-electron chi connectivity index (χ1n) is 8.10. The Bertz CT molecular complexity index is 798. The van der Waals surface area contributed by atoms with Gasteiger partial charge in [0.1, 0.15) is 12.4 Å². The standard InChI is InChI=1S/C19H25NO3S/c1-14(2)17-7-5-6-8-18(17)23-12-11-20-24(21,22)19-13-15(3)9-10-16(19)4/h5-10,13-14,20H,11-12H2,1-4H3. The Hall–Kier alpha value is -1.85. The summed E-state index contributed by atoms with van der Waals surface area (Å²) in [6.07, 6.45) is 0. The van der Waals surface area contributed by atoms with E-state index in [1.54, 1.807) is 13.0 Å². The number of ether oxygens (including phenoxy) is 1. The van der Waals surface area contributed by atoms with E-state index in [9.17, 15) is 8.42 Å². The second-order valence-electron chi connectivity index (χ2n) is 6.21. The minimum Gasteiger partial charge on any atom is -0.492 e. The molecule has 4 nitrogen and oxygen atoms in total. The van der Waals surface area contributed by atoms with Crippen molar-refractivity contribution in [1.82, 2.24) is 4.72 Å². The first kappa shape index (κ1) is 18.5. The van der Waals surface area contributed by atoms with Gasteiger partial charge in [-0.25, -0.2) is 13.1 Å². The molecule has 0 heterocycles. The van der Waals surface area contributed by atoms with E-state index in [1.807, 2.05) is 43.3 Å². The van der Waals surface area contributed by atoms with Crippen molar-refractivity contribution < 1.29 is 13.2 Å². The summed E-state index contributed by atoms with van der Waals surface area (Å²) >= 11 is 0. The van der Waals surface area contributed by atoms with Gasteiger partial charge in [-0.05, 0) is 48.6 Å². The van der Waals surface area contributed by atoms with Crippen molar-refractivity contribution in [1.29, 1.82) is 0 Å². The highest BCUT2D eigenvalue weighted by atomic mass is 32.2. The molecule has 24 heavy (non-hydrogen) atoms. The molecule has 130 valence electrons. The van der Waals surface area contributed by atoms with Crippen molar-refractivity contribution in [2.45, 2.75) is 38.5 Å². The van der Waals surface area contributed by atoms with Gasteiger partial charge in [-0.2, -0.15) is 0 Å². The normalized spacial score (nSPS) is 11.7. The Kier molecular flexibility index (Phi) is 6.02. The van der Waals surface area contributed by atoms with Crippen LogP contribution in [-0.2, 0) is 10.0 Å². The molecule has 1 N–H and O–H groups in total. The van der Waals surface area contributed by atoms with Crippen LogP contribution in [0.5, 0.6) is 5.75 Å². The van der Waals surface area contributed by atoms with Crippen LogP contribution in [0.15, 0.2) is 47.4 Å². The van der Waals surface area contributed by atoms with Crippen LogP contribution in [0.25, 0.3) is 0 Å². The van der Waals surface area contributed by atoms with Gasteiger partial charge in [0, 0.05) is 6.54 Å². The molecule has 0 aliphatic carbocycles. The fourth-order valence-corrected chi connectivity index (χ4v) is 3.84. The maximum atomic E-state index is 12.4. The molecule has 0 aliphatic rings. The Morgan fingerprint density at radius 2 is 1.79 bits per heavy atom. The first-order chi connectivity index (χ1) is 11.3. The van der Waals surface area contributed by atoms with Crippen molar-refractivity contribution in [3.05, 3.63) is 59.2 Å². The molecule has 0 atom stereocenters. The second kappa shape index (κ2) is 7.81. The van der Waals surface area contributed by atoms with Gasteiger partial charge in [-0.3, -0.25) is 0 Å². The van der Waals surface area contributed by atoms with Crippen LogP contribution in [0.4, 0.5) is 0 Å². The van der Waals surface area contributed by atoms with Gasteiger partial charge in [0.25, 0.3) is 0 Å². The van der Waals surface area contributed by atoms with E-state index in [1.165, 1.54) is 0 Å². The quantitative estimate of drug-likeness (QED) is 0.776. The summed E-state index contributed by atoms with van der Waals surface area (Å²) in [6, 6.07) is 13.2. The summed E-state index contributed by atoms with van der Waals surface area (Å²) in [5.41, 5.74) is 2.78. The predicted octanol–water partition coefficient (Wildman–Crippen LogP) is 3.78. The number of aryl methyl sites for hydroxylation is 2. The van der Waals surface area contributed by atoms with Gasteiger partial charge in [0.15, 0.2) is 0 Å². The van der Waals surface area contributed by atoms with E-state index in [0.717, 1.165) is 22.4 Å². The first-order valence-corrected chi connectivity index (χ1v) is 9.58. The lowest BCUT2D eigenvalue weighted by Gasteiger charge is -2.14. The van der Waals surface area contributed by atoms with E-state index in [0.29, 0.717) is 10.8 Å². The van der Waals surface area contributed by atoms with Crippen molar-refractivity contribution in [3.8, 4) is 5.75 Å². The third-order valence-corrected chi connectivity index (χ3v) is 5.43. The molecule has 0 bridgehead atoms. The van der Waals surface area contributed by atoms with Gasteiger partial charge in [-0.15, -0.1) is 0 Å². The lowest BCUT2D eigenvalue weighted by atomic mass is 10.0. The van der Waals surface area contributed by atoms with Crippen molar-refractivity contribution in [2.24, 2.45) is 0 Å². The van der Waals surface area contributed by atoms with Crippen molar-refractivity contribution in [2.75, 3.05) is 13.2 Å². The van der Waals surface area contributed by atoms with Crippen LogP contribution in [-0.4, -0.2) is 21.6 Å². The molecule has 2 aromatic rings. The largest absolute Gasteiger partial charge is 0.492 e. The summed E-state index contributed by atoms with van der Waals surface area (Å²) < 4.78 is 33.2. The highest BCUT2D eigenvalue weighted by Gasteiger charge is 2.16. The number of hydrogen-bond donors (Lipinski definition) is 1. The lowest BCUT2D eigenvalue weighted by Crippen LogP contribution is -2.29.